The molecule has 0 saturated carbocycles. The van der Waals surface area contributed by atoms with Crippen molar-refractivity contribution in [2.45, 2.75) is 13.0 Å². The molecule has 1 atom stereocenters. The van der Waals surface area contributed by atoms with Gasteiger partial charge in [-0.05, 0) is 60.3 Å². The van der Waals surface area contributed by atoms with E-state index in [9.17, 15) is 4.79 Å². The van der Waals surface area contributed by atoms with Crippen molar-refractivity contribution in [3.63, 3.8) is 0 Å². The fourth-order valence-electron chi connectivity index (χ4n) is 2.44. The molecule has 0 aliphatic carbocycles. The predicted octanol–water partition coefficient (Wildman–Crippen LogP) is 1.46. The molecule has 1 saturated heterocycles. The summed E-state index contributed by atoms with van der Waals surface area (Å²) in [6.45, 7) is 5.51. The predicted molar refractivity (Wildman–Crippen MR) is 92.6 cm³/mol. The van der Waals surface area contributed by atoms with Gasteiger partial charge in [0.25, 0.3) is 0 Å². The Morgan fingerprint density at radius 3 is 3.05 bits per heavy atom. The van der Waals surface area contributed by atoms with Gasteiger partial charge in [-0.25, -0.2) is 0 Å². The van der Waals surface area contributed by atoms with Crippen molar-refractivity contribution in [3.8, 4) is 0 Å². The topological polar surface area (TPSA) is 53.6 Å². The zero-order chi connectivity index (χ0) is 15.2. The maximum Gasteiger partial charge on any atom is 0.238 e. The SMILES string of the molecule is CNCC1CN(CC(=O)Nc2ccc(I)cc2C)CCO1. The van der Waals surface area contributed by atoms with Crippen molar-refractivity contribution in [2.75, 3.05) is 45.2 Å². The number of likely N-dealkylation sites (N-methyl/N-ethyl adjacent to an activating group) is 1. The molecule has 1 aliphatic rings. The quantitative estimate of drug-likeness (QED) is 0.732. The molecule has 0 radical (unpaired) electrons. The normalized spacial score (nSPS) is 19.5. The molecular weight excluding hydrogens is 381 g/mol. The standard InChI is InChI=1S/C15H22IN3O2/c1-11-7-12(16)3-4-14(11)18-15(20)10-19-5-6-21-13(9-19)8-17-2/h3-4,7,13,17H,5-6,8-10H2,1-2H3,(H,18,20). The summed E-state index contributed by atoms with van der Waals surface area (Å²) in [5.74, 6) is 0.0319. The number of ether oxygens (including phenoxy) is 1. The van der Waals surface area contributed by atoms with Gasteiger partial charge in [0.2, 0.25) is 5.91 Å². The van der Waals surface area contributed by atoms with Crippen LogP contribution in [-0.4, -0.2) is 56.7 Å². The monoisotopic (exact) mass is 403 g/mol. The summed E-state index contributed by atoms with van der Waals surface area (Å²) in [4.78, 5) is 14.3. The molecule has 1 heterocycles. The zero-order valence-corrected chi connectivity index (χ0v) is 14.6. The van der Waals surface area contributed by atoms with Crippen LogP contribution >= 0.6 is 22.6 Å². The Balaban J connectivity index is 1.86. The number of benzene rings is 1. The van der Waals surface area contributed by atoms with Crippen molar-refractivity contribution in [1.82, 2.24) is 10.2 Å². The van der Waals surface area contributed by atoms with E-state index in [1.807, 2.05) is 26.1 Å². The fourth-order valence-corrected chi connectivity index (χ4v) is 3.08. The van der Waals surface area contributed by atoms with Crippen LogP contribution in [0.4, 0.5) is 5.69 Å². The number of halogens is 1. The van der Waals surface area contributed by atoms with E-state index in [2.05, 4.69) is 44.2 Å². The Morgan fingerprint density at radius 2 is 2.33 bits per heavy atom. The van der Waals surface area contributed by atoms with Gasteiger partial charge in [-0.3, -0.25) is 9.69 Å². The highest BCUT2D eigenvalue weighted by Gasteiger charge is 2.21. The highest BCUT2D eigenvalue weighted by Crippen LogP contribution is 2.17. The van der Waals surface area contributed by atoms with Crippen LogP contribution in [-0.2, 0) is 9.53 Å². The Bertz CT molecular complexity index is 494. The minimum atomic E-state index is 0.0319. The van der Waals surface area contributed by atoms with E-state index in [0.717, 1.165) is 30.9 Å². The number of morpholine rings is 1. The molecule has 6 heteroatoms. The number of hydrogen-bond donors (Lipinski definition) is 2. The van der Waals surface area contributed by atoms with E-state index in [1.54, 1.807) is 0 Å². The molecule has 0 bridgehead atoms. The maximum absolute atomic E-state index is 12.2. The number of nitrogens with one attached hydrogen (secondary N) is 2. The number of amides is 1. The molecule has 2 rings (SSSR count). The second-order valence-corrected chi connectivity index (χ2v) is 6.54. The van der Waals surface area contributed by atoms with Crippen molar-refractivity contribution in [1.29, 1.82) is 0 Å². The number of nitrogens with zero attached hydrogens (tertiary/aromatic N) is 1. The van der Waals surface area contributed by atoms with Crippen LogP contribution in [0.3, 0.4) is 0 Å². The van der Waals surface area contributed by atoms with Crippen LogP contribution in [0.15, 0.2) is 18.2 Å². The number of anilines is 1. The summed E-state index contributed by atoms with van der Waals surface area (Å²) in [5, 5.41) is 6.10. The van der Waals surface area contributed by atoms with Gasteiger partial charge in [0.05, 0.1) is 19.3 Å². The van der Waals surface area contributed by atoms with E-state index in [1.165, 1.54) is 3.57 Å². The molecule has 5 nitrogen and oxygen atoms in total. The number of hydrogen-bond acceptors (Lipinski definition) is 4. The van der Waals surface area contributed by atoms with Gasteiger partial charge in [-0.1, -0.05) is 0 Å². The van der Waals surface area contributed by atoms with Crippen molar-refractivity contribution < 1.29 is 9.53 Å². The summed E-state index contributed by atoms with van der Waals surface area (Å²) >= 11 is 2.27. The van der Waals surface area contributed by atoms with Gasteiger partial charge >= 0.3 is 0 Å². The zero-order valence-electron chi connectivity index (χ0n) is 12.5. The maximum atomic E-state index is 12.2. The second-order valence-electron chi connectivity index (χ2n) is 5.29. The Kier molecular flexibility index (Phi) is 6.40. The Labute approximate surface area is 139 Å². The summed E-state index contributed by atoms with van der Waals surface area (Å²) in [6, 6.07) is 6.02. The van der Waals surface area contributed by atoms with Gasteiger partial charge in [0.15, 0.2) is 0 Å². The highest BCUT2D eigenvalue weighted by atomic mass is 127. The molecule has 2 N–H and O–H groups in total. The highest BCUT2D eigenvalue weighted by molar-refractivity contribution is 14.1. The van der Waals surface area contributed by atoms with Crippen molar-refractivity contribution in [3.05, 3.63) is 27.3 Å². The van der Waals surface area contributed by atoms with E-state index in [0.29, 0.717) is 13.2 Å². The molecule has 1 aromatic carbocycles. The molecule has 1 aliphatic heterocycles. The van der Waals surface area contributed by atoms with Crippen molar-refractivity contribution >= 4 is 34.2 Å². The summed E-state index contributed by atoms with van der Waals surface area (Å²) in [6.07, 6.45) is 0.164. The van der Waals surface area contributed by atoms with E-state index < -0.39 is 0 Å². The van der Waals surface area contributed by atoms with Gasteiger partial charge in [-0.2, -0.15) is 0 Å². The van der Waals surface area contributed by atoms with E-state index in [4.69, 9.17) is 4.74 Å². The van der Waals surface area contributed by atoms with E-state index in [-0.39, 0.29) is 12.0 Å². The largest absolute Gasteiger partial charge is 0.374 e. The lowest BCUT2D eigenvalue weighted by atomic mass is 10.2. The first-order valence-corrected chi connectivity index (χ1v) is 8.21. The van der Waals surface area contributed by atoms with E-state index >= 15 is 0 Å². The molecule has 116 valence electrons. The average Bonchev–Trinajstić information content (AvgIpc) is 2.43. The minimum Gasteiger partial charge on any atom is -0.374 e. The molecule has 0 aromatic heterocycles. The third kappa shape index (κ3) is 5.21. The number of carbonyl (C=O) groups excluding carboxylic acids is 1. The summed E-state index contributed by atoms with van der Waals surface area (Å²) in [7, 11) is 1.91. The van der Waals surface area contributed by atoms with Crippen LogP contribution < -0.4 is 10.6 Å². The first-order chi connectivity index (χ1) is 10.1. The first-order valence-electron chi connectivity index (χ1n) is 7.13. The summed E-state index contributed by atoms with van der Waals surface area (Å²) in [5.41, 5.74) is 1.98. The summed E-state index contributed by atoms with van der Waals surface area (Å²) < 4.78 is 6.82. The first kappa shape index (κ1) is 16.7. The lowest BCUT2D eigenvalue weighted by molar-refractivity contribution is -0.119. The third-order valence-corrected chi connectivity index (χ3v) is 4.16. The molecule has 21 heavy (non-hydrogen) atoms. The molecule has 1 aromatic rings. The lowest BCUT2D eigenvalue weighted by Crippen LogP contribution is -2.48. The lowest BCUT2D eigenvalue weighted by Gasteiger charge is -2.32. The Hall–Kier alpha value is -0.700. The van der Waals surface area contributed by atoms with Crippen LogP contribution in [0, 0.1) is 10.5 Å². The number of aryl methyl sites for hydroxylation is 1. The average molecular weight is 403 g/mol. The fraction of sp³-hybridized carbons (Fsp3) is 0.533. The van der Waals surface area contributed by atoms with Gasteiger partial charge < -0.3 is 15.4 Å². The van der Waals surface area contributed by atoms with Gasteiger partial charge in [0.1, 0.15) is 0 Å². The second kappa shape index (κ2) is 8.07. The molecule has 1 fully saturated rings. The van der Waals surface area contributed by atoms with Crippen LogP contribution in [0.25, 0.3) is 0 Å². The van der Waals surface area contributed by atoms with Crippen LogP contribution in [0.5, 0.6) is 0 Å². The molecule has 1 unspecified atom stereocenters. The number of rotatable bonds is 5. The molecule has 1 amide bonds. The Morgan fingerprint density at radius 1 is 1.52 bits per heavy atom. The molecule has 0 spiro atoms. The third-order valence-electron chi connectivity index (χ3n) is 3.48. The van der Waals surface area contributed by atoms with Gasteiger partial charge in [-0.15, -0.1) is 0 Å². The van der Waals surface area contributed by atoms with Crippen molar-refractivity contribution in [2.24, 2.45) is 0 Å². The van der Waals surface area contributed by atoms with Crippen LogP contribution in [0.1, 0.15) is 5.56 Å². The molecular formula is C15H22IN3O2. The smallest absolute Gasteiger partial charge is 0.238 e. The van der Waals surface area contributed by atoms with Crippen LogP contribution in [0.2, 0.25) is 0 Å². The van der Waals surface area contributed by atoms with Gasteiger partial charge in [0, 0.05) is 28.9 Å². The number of carbonyl (C=O) groups is 1. The minimum absolute atomic E-state index is 0.0319.